The highest BCUT2D eigenvalue weighted by atomic mass is 16.5. The zero-order chi connectivity index (χ0) is 16.1. The summed E-state index contributed by atoms with van der Waals surface area (Å²) in [6.45, 7) is 9.24. The van der Waals surface area contributed by atoms with Gasteiger partial charge in [0.25, 0.3) is 0 Å². The van der Waals surface area contributed by atoms with Crippen molar-refractivity contribution in [3.63, 3.8) is 0 Å². The molecular weight excluding hydrogens is 282 g/mol. The van der Waals surface area contributed by atoms with Crippen LogP contribution < -0.4 is 5.32 Å². The van der Waals surface area contributed by atoms with E-state index in [9.17, 15) is 9.59 Å². The highest BCUT2D eigenvalue weighted by Crippen LogP contribution is 2.17. The molecule has 1 N–H and O–H groups in total. The molecule has 0 saturated carbocycles. The number of hydrogen-bond donors (Lipinski definition) is 1. The number of likely N-dealkylation sites (tertiary alicyclic amines) is 1. The Kier molecular flexibility index (Phi) is 6.20. The van der Waals surface area contributed by atoms with Gasteiger partial charge in [0.1, 0.15) is 0 Å². The Morgan fingerprint density at radius 1 is 1.41 bits per heavy atom. The molecule has 6 heteroatoms. The third-order valence-corrected chi connectivity index (χ3v) is 4.38. The number of rotatable bonds is 5. The first-order chi connectivity index (χ1) is 10.5. The van der Waals surface area contributed by atoms with E-state index >= 15 is 0 Å². The molecule has 6 nitrogen and oxygen atoms in total. The first-order valence-electron chi connectivity index (χ1n) is 8.31. The number of nitrogens with one attached hydrogen (secondary N) is 1. The summed E-state index contributed by atoms with van der Waals surface area (Å²) in [6.07, 6.45) is 1.13. The summed E-state index contributed by atoms with van der Waals surface area (Å²) in [5.41, 5.74) is 0. The van der Waals surface area contributed by atoms with Crippen molar-refractivity contribution in [2.45, 2.75) is 32.8 Å². The highest BCUT2D eigenvalue weighted by Gasteiger charge is 2.29. The molecule has 0 spiro atoms. The lowest BCUT2D eigenvalue weighted by Gasteiger charge is -2.34. The minimum absolute atomic E-state index is 0.00830. The van der Waals surface area contributed by atoms with Crippen LogP contribution in [0.2, 0.25) is 0 Å². The van der Waals surface area contributed by atoms with Gasteiger partial charge in [0, 0.05) is 52.1 Å². The van der Waals surface area contributed by atoms with E-state index in [2.05, 4.69) is 24.1 Å². The Labute approximate surface area is 133 Å². The van der Waals surface area contributed by atoms with Crippen molar-refractivity contribution in [2.24, 2.45) is 11.8 Å². The average Bonchev–Trinajstić information content (AvgIpc) is 2.47. The fourth-order valence-corrected chi connectivity index (χ4v) is 3.11. The first-order valence-corrected chi connectivity index (χ1v) is 8.31. The van der Waals surface area contributed by atoms with Crippen LogP contribution in [0.3, 0.4) is 0 Å². The molecule has 22 heavy (non-hydrogen) atoms. The molecule has 2 heterocycles. The summed E-state index contributed by atoms with van der Waals surface area (Å²) in [6, 6.07) is 0. The van der Waals surface area contributed by atoms with Gasteiger partial charge in [-0.2, -0.15) is 0 Å². The van der Waals surface area contributed by atoms with Gasteiger partial charge in [-0.05, 0) is 12.3 Å². The van der Waals surface area contributed by atoms with E-state index in [1.165, 1.54) is 0 Å². The van der Waals surface area contributed by atoms with Gasteiger partial charge in [-0.1, -0.05) is 13.8 Å². The number of carbonyl (C=O) groups is 2. The van der Waals surface area contributed by atoms with E-state index in [1.807, 2.05) is 0 Å². The summed E-state index contributed by atoms with van der Waals surface area (Å²) in [5.74, 6) is 0.507. The van der Waals surface area contributed by atoms with Gasteiger partial charge in [0.2, 0.25) is 11.8 Å². The molecule has 0 bridgehead atoms. The molecule has 0 aromatic heterocycles. The van der Waals surface area contributed by atoms with E-state index in [0.717, 1.165) is 32.7 Å². The zero-order valence-corrected chi connectivity index (χ0v) is 14.0. The summed E-state index contributed by atoms with van der Waals surface area (Å²) in [7, 11) is 1.79. The van der Waals surface area contributed by atoms with Crippen LogP contribution in [-0.2, 0) is 14.3 Å². The smallest absolute Gasteiger partial charge is 0.223 e. The maximum Gasteiger partial charge on any atom is 0.223 e. The van der Waals surface area contributed by atoms with Crippen molar-refractivity contribution in [3.05, 3.63) is 0 Å². The molecule has 0 aromatic carbocycles. The number of morpholine rings is 1. The number of nitrogens with zero attached hydrogens (tertiary/aromatic N) is 2. The third kappa shape index (κ3) is 4.95. The lowest BCUT2D eigenvalue weighted by atomic mass is 9.95. The van der Waals surface area contributed by atoms with Crippen LogP contribution >= 0.6 is 0 Å². The number of carbonyl (C=O) groups excluding carboxylic acids is 2. The standard InChI is InChI=1S/C16H29N3O3/c1-12(2)10-19-6-7-22-14(11-19)9-17-16(21)13-4-5-18(3)15(20)8-13/h12-14H,4-11H2,1-3H3,(H,17,21)/t13-,14+/m0/s1. The minimum atomic E-state index is -0.181. The van der Waals surface area contributed by atoms with Crippen molar-refractivity contribution in [2.75, 3.05) is 46.4 Å². The van der Waals surface area contributed by atoms with Crippen LogP contribution in [0.25, 0.3) is 0 Å². The second kappa shape index (κ2) is 7.92. The monoisotopic (exact) mass is 311 g/mol. The summed E-state index contributed by atoms with van der Waals surface area (Å²) < 4.78 is 5.73. The topological polar surface area (TPSA) is 61.9 Å². The van der Waals surface area contributed by atoms with Crippen molar-refractivity contribution >= 4 is 11.8 Å². The Morgan fingerprint density at radius 2 is 2.18 bits per heavy atom. The quantitative estimate of drug-likeness (QED) is 0.795. The van der Waals surface area contributed by atoms with Gasteiger partial charge in [-0.25, -0.2) is 0 Å². The second-order valence-corrected chi connectivity index (χ2v) is 6.90. The van der Waals surface area contributed by atoms with Crippen LogP contribution in [0.5, 0.6) is 0 Å². The summed E-state index contributed by atoms with van der Waals surface area (Å²) in [4.78, 5) is 28.0. The predicted molar refractivity (Wildman–Crippen MR) is 84.4 cm³/mol. The van der Waals surface area contributed by atoms with Gasteiger partial charge >= 0.3 is 0 Å². The summed E-state index contributed by atoms with van der Waals surface area (Å²) >= 11 is 0. The molecular formula is C16H29N3O3. The number of piperidine rings is 1. The second-order valence-electron chi connectivity index (χ2n) is 6.90. The van der Waals surface area contributed by atoms with E-state index in [0.29, 0.717) is 25.4 Å². The van der Waals surface area contributed by atoms with Crippen LogP contribution in [0.4, 0.5) is 0 Å². The van der Waals surface area contributed by atoms with E-state index in [4.69, 9.17) is 4.74 Å². The fourth-order valence-electron chi connectivity index (χ4n) is 3.11. The summed E-state index contributed by atoms with van der Waals surface area (Å²) in [5, 5.41) is 2.97. The lowest BCUT2D eigenvalue weighted by Crippen LogP contribution is -2.50. The molecule has 2 aliphatic heterocycles. The van der Waals surface area contributed by atoms with Gasteiger partial charge in [0.05, 0.1) is 12.7 Å². The Hall–Kier alpha value is -1.14. The number of amides is 2. The average molecular weight is 311 g/mol. The normalized spacial score (nSPS) is 27.3. The van der Waals surface area contributed by atoms with Crippen molar-refractivity contribution in [1.29, 1.82) is 0 Å². The van der Waals surface area contributed by atoms with Crippen LogP contribution in [0, 0.1) is 11.8 Å². The molecule has 0 aliphatic carbocycles. The van der Waals surface area contributed by atoms with Crippen LogP contribution in [0.15, 0.2) is 0 Å². The molecule has 2 atom stereocenters. The maximum absolute atomic E-state index is 12.2. The SMILES string of the molecule is CC(C)CN1CCO[C@H](CNC(=O)[C@H]2CCN(C)C(=O)C2)C1. The molecule has 2 amide bonds. The van der Waals surface area contributed by atoms with E-state index in [1.54, 1.807) is 11.9 Å². The molecule has 2 rings (SSSR count). The van der Waals surface area contributed by atoms with Gasteiger partial charge in [-0.15, -0.1) is 0 Å². The number of hydrogen-bond acceptors (Lipinski definition) is 4. The largest absolute Gasteiger partial charge is 0.374 e. The van der Waals surface area contributed by atoms with Gasteiger partial charge in [0.15, 0.2) is 0 Å². The van der Waals surface area contributed by atoms with Crippen molar-refractivity contribution in [1.82, 2.24) is 15.1 Å². The van der Waals surface area contributed by atoms with E-state index in [-0.39, 0.29) is 23.8 Å². The van der Waals surface area contributed by atoms with Crippen molar-refractivity contribution < 1.29 is 14.3 Å². The molecule has 2 saturated heterocycles. The van der Waals surface area contributed by atoms with E-state index < -0.39 is 0 Å². The maximum atomic E-state index is 12.2. The Bertz CT molecular complexity index is 400. The molecule has 0 aromatic rings. The lowest BCUT2D eigenvalue weighted by molar-refractivity contribution is -0.139. The minimum Gasteiger partial charge on any atom is -0.374 e. The number of ether oxygens (including phenoxy) is 1. The Morgan fingerprint density at radius 3 is 2.86 bits per heavy atom. The molecule has 0 unspecified atom stereocenters. The molecule has 126 valence electrons. The highest BCUT2D eigenvalue weighted by molar-refractivity contribution is 5.86. The molecule has 0 radical (unpaired) electrons. The third-order valence-electron chi connectivity index (χ3n) is 4.38. The first kappa shape index (κ1) is 17.2. The molecule has 2 aliphatic rings. The van der Waals surface area contributed by atoms with Crippen molar-refractivity contribution in [3.8, 4) is 0 Å². The fraction of sp³-hybridized carbons (Fsp3) is 0.875. The van der Waals surface area contributed by atoms with Gasteiger partial charge in [-0.3, -0.25) is 14.5 Å². The van der Waals surface area contributed by atoms with Crippen LogP contribution in [-0.4, -0.2) is 74.1 Å². The van der Waals surface area contributed by atoms with Gasteiger partial charge < -0.3 is 15.0 Å². The Balaban J connectivity index is 1.73. The predicted octanol–water partition coefficient (Wildman–Crippen LogP) is 0.328. The van der Waals surface area contributed by atoms with Crippen LogP contribution in [0.1, 0.15) is 26.7 Å². The zero-order valence-electron chi connectivity index (χ0n) is 14.0. The molecule has 2 fully saturated rings.